The van der Waals surface area contributed by atoms with Gasteiger partial charge in [-0.2, -0.15) is 5.10 Å². The molecule has 0 bridgehead atoms. The fourth-order valence-electron chi connectivity index (χ4n) is 1.98. The van der Waals surface area contributed by atoms with E-state index in [1.807, 2.05) is 36.0 Å². The number of rotatable bonds is 6. The molecular weight excluding hydrogens is 338 g/mol. The smallest absolute Gasteiger partial charge is 0.225 e. The van der Waals surface area contributed by atoms with Crippen LogP contribution in [0.15, 0.2) is 22.0 Å². The maximum atomic E-state index is 11.7. The van der Waals surface area contributed by atoms with Gasteiger partial charge in [-0.05, 0) is 47.6 Å². The lowest BCUT2D eigenvalue weighted by molar-refractivity contribution is -0.120. The fraction of sp³-hybridized carbons (Fsp3) is 0.429. The van der Waals surface area contributed by atoms with Crippen LogP contribution in [0.3, 0.4) is 0 Å². The zero-order chi connectivity index (χ0) is 14.5. The Labute approximate surface area is 131 Å². The lowest BCUT2D eigenvalue weighted by Crippen LogP contribution is -2.26. The Morgan fingerprint density at radius 1 is 1.50 bits per heavy atom. The number of nitrogens with zero attached hydrogens (tertiary/aromatic N) is 2. The third-order valence-electron chi connectivity index (χ3n) is 3.08. The number of carbonyl (C=O) groups excluding carboxylic acids is 1. The van der Waals surface area contributed by atoms with Crippen LogP contribution in [-0.4, -0.2) is 22.2 Å². The molecule has 6 heteroatoms. The van der Waals surface area contributed by atoms with E-state index in [2.05, 4.69) is 26.3 Å². The van der Waals surface area contributed by atoms with Crippen molar-refractivity contribution in [1.29, 1.82) is 0 Å². The highest BCUT2D eigenvalue weighted by atomic mass is 79.9. The van der Waals surface area contributed by atoms with Crippen LogP contribution in [0, 0.1) is 13.8 Å². The average molecular weight is 356 g/mol. The molecule has 2 heterocycles. The summed E-state index contributed by atoms with van der Waals surface area (Å²) in [4.78, 5) is 12.8. The molecule has 2 rings (SSSR count). The lowest BCUT2D eigenvalue weighted by Gasteiger charge is -2.06. The second-order valence-electron chi connectivity index (χ2n) is 4.67. The molecule has 0 spiro atoms. The van der Waals surface area contributed by atoms with E-state index < -0.39 is 0 Å². The first-order chi connectivity index (χ1) is 9.58. The van der Waals surface area contributed by atoms with E-state index in [9.17, 15) is 4.79 Å². The zero-order valence-electron chi connectivity index (χ0n) is 11.6. The zero-order valence-corrected chi connectivity index (χ0v) is 14.1. The van der Waals surface area contributed by atoms with E-state index in [4.69, 9.17) is 0 Å². The highest BCUT2D eigenvalue weighted by molar-refractivity contribution is 9.10. The van der Waals surface area contributed by atoms with Gasteiger partial charge in [0.05, 0.1) is 16.6 Å². The molecule has 4 nitrogen and oxygen atoms in total. The summed E-state index contributed by atoms with van der Waals surface area (Å²) >= 11 is 5.13. The number of halogens is 1. The number of aromatic nitrogens is 2. The first-order valence-corrected chi connectivity index (χ1v) is 8.24. The molecule has 0 fully saturated rings. The van der Waals surface area contributed by atoms with Crippen LogP contribution in [0.4, 0.5) is 0 Å². The molecule has 108 valence electrons. The van der Waals surface area contributed by atoms with Crippen molar-refractivity contribution < 1.29 is 4.79 Å². The van der Waals surface area contributed by atoms with Gasteiger partial charge in [-0.1, -0.05) is 6.07 Å². The largest absolute Gasteiger partial charge is 0.356 e. The average Bonchev–Trinajstić information content (AvgIpc) is 3.00. The number of hydrogen-bond donors (Lipinski definition) is 1. The van der Waals surface area contributed by atoms with E-state index in [1.54, 1.807) is 11.3 Å². The second kappa shape index (κ2) is 7.04. The van der Waals surface area contributed by atoms with E-state index in [-0.39, 0.29) is 5.91 Å². The van der Waals surface area contributed by atoms with Crippen molar-refractivity contribution in [1.82, 2.24) is 15.1 Å². The van der Waals surface area contributed by atoms with Crippen LogP contribution in [0.1, 0.15) is 22.7 Å². The predicted octanol–water partition coefficient (Wildman–Crippen LogP) is 3.07. The minimum absolute atomic E-state index is 0.0852. The first-order valence-electron chi connectivity index (χ1n) is 6.56. The van der Waals surface area contributed by atoms with Gasteiger partial charge >= 0.3 is 0 Å². The standard InChI is InChI=1S/C14H18BrN3OS/c1-10-14(15)11(2)18(17-10)7-4-6-16-13(19)9-12-5-3-8-20-12/h3,5,8H,4,6-7,9H2,1-2H3,(H,16,19). The lowest BCUT2D eigenvalue weighted by atomic mass is 10.3. The van der Waals surface area contributed by atoms with E-state index in [1.165, 1.54) is 0 Å². The number of hydrogen-bond acceptors (Lipinski definition) is 3. The van der Waals surface area contributed by atoms with Crippen LogP contribution < -0.4 is 5.32 Å². The van der Waals surface area contributed by atoms with Gasteiger partial charge in [-0.15, -0.1) is 11.3 Å². The maximum Gasteiger partial charge on any atom is 0.225 e. The van der Waals surface area contributed by atoms with Crippen LogP contribution in [0.2, 0.25) is 0 Å². The van der Waals surface area contributed by atoms with Crippen LogP contribution in [-0.2, 0) is 17.8 Å². The van der Waals surface area contributed by atoms with E-state index in [0.717, 1.165) is 33.7 Å². The van der Waals surface area contributed by atoms with Gasteiger partial charge in [0.1, 0.15) is 0 Å². The van der Waals surface area contributed by atoms with Gasteiger partial charge in [-0.25, -0.2) is 0 Å². The molecular formula is C14H18BrN3OS. The molecule has 0 aliphatic rings. The monoisotopic (exact) mass is 355 g/mol. The van der Waals surface area contributed by atoms with E-state index in [0.29, 0.717) is 13.0 Å². The molecule has 0 saturated carbocycles. The van der Waals surface area contributed by atoms with E-state index >= 15 is 0 Å². The SMILES string of the molecule is Cc1nn(CCCNC(=O)Cc2cccs2)c(C)c1Br. The molecule has 2 aromatic heterocycles. The minimum atomic E-state index is 0.0852. The van der Waals surface area contributed by atoms with Crippen LogP contribution in [0.25, 0.3) is 0 Å². The van der Waals surface area contributed by atoms with Gasteiger partial charge in [0.15, 0.2) is 0 Å². The van der Waals surface area contributed by atoms with Crippen molar-refractivity contribution in [2.75, 3.05) is 6.54 Å². The summed E-state index contributed by atoms with van der Waals surface area (Å²) in [6, 6.07) is 3.95. The van der Waals surface area contributed by atoms with Gasteiger partial charge in [0.2, 0.25) is 5.91 Å². The molecule has 20 heavy (non-hydrogen) atoms. The molecule has 0 atom stereocenters. The molecule has 0 unspecified atom stereocenters. The Balaban J connectivity index is 1.71. The van der Waals surface area contributed by atoms with Crippen molar-refractivity contribution in [3.8, 4) is 0 Å². The molecule has 0 aliphatic carbocycles. The van der Waals surface area contributed by atoms with Crippen molar-refractivity contribution in [3.05, 3.63) is 38.3 Å². The number of amides is 1. The van der Waals surface area contributed by atoms with Gasteiger partial charge in [-0.3, -0.25) is 9.48 Å². The van der Waals surface area contributed by atoms with Crippen molar-refractivity contribution in [2.24, 2.45) is 0 Å². The summed E-state index contributed by atoms with van der Waals surface area (Å²) < 4.78 is 3.05. The molecule has 1 N–H and O–H groups in total. The molecule has 2 aromatic rings. The van der Waals surface area contributed by atoms with Crippen LogP contribution >= 0.6 is 27.3 Å². The van der Waals surface area contributed by atoms with Crippen molar-refractivity contribution >= 4 is 33.2 Å². The third kappa shape index (κ3) is 3.93. The second-order valence-corrected chi connectivity index (χ2v) is 6.49. The first kappa shape index (κ1) is 15.3. The quantitative estimate of drug-likeness (QED) is 0.809. The summed E-state index contributed by atoms with van der Waals surface area (Å²) in [6.07, 6.45) is 1.35. The Hall–Kier alpha value is -1.14. The summed E-state index contributed by atoms with van der Waals surface area (Å²) in [6.45, 7) is 5.52. The summed E-state index contributed by atoms with van der Waals surface area (Å²) in [5.74, 6) is 0.0852. The number of nitrogens with one attached hydrogen (secondary N) is 1. The predicted molar refractivity (Wildman–Crippen MR) is 85.1 cm³/mol. The normalized spacial score (nSPS) is 10.8. The van der Waals surface area contributed by atoms with Crippen LogP contribution in [0.5, 0.6) is 0 Å². The highest BCUT2D eigenvalue weighted by Gasteiger charge is 2.08. The topological polar surface area (TPSA) is 46.9 Å². The Kier molecular flexibility index (Phi) is 5.37. The molecule has 0 radical (unpaired) electrons. The minimum Gasteiger partial charge on any atom is -0.356 e. The third-order valence-corrected chi connectivity index (χ3v) is 5.10. The fourth-order valence-corrected chi connectivity index (χ4v) is 2.97. The summed E-state index contributed by atoms with van der Waals surface area (Å²) in [7, 11) is 0. The molecule has 1 amide bonds. The Bertz CT molecular complexity index is 578. The number of thiophene rings is 1. The maximum absolute atomic E-state index is 11.7. The summed E-state index contributed by atoms with van der Waals surface area (Å²) in [5.41, 5.74) is 2.14. The van der Waals surface area contributed by atoms with Gasteiger partial charge in [0, 0.05) is 23.7 Å². The summed E-state index contributed by atoms with van der Waals surface area (Å²) in [5, 5.41) is 9.38. The highest BCUT2D eigenvalue weighted by Crippen LogP contribution is 2.19. The number of carbonyl (C=O) groups is 1. The Morgan fingerprint density at radius 2 is 2.30 bits per heavy atom. The molecule has 0 saturated heterocycles. The van der Waals surface area contributed by atoms with Crippen molar-refractivity contribution in [2.45, 2.75) is 33.2 Å². The van der Waals surface area contributed by atoms with Crippen molar-refractivity contribution in [3.63, 3.8) is 0 Å². The van der Waals surface area contributed by atoms with Gasteiger partial charge < -0.3 is 5.32 Å². The molecule has 0 aliphatic heterocycles. The number of aryl methyl sites for hydroxylation is 2. The molecule has 0 aromatic carbocycles. The van der Waals surface area contributed by atoms with Gasteiger partial charge in [0.25, 0.3) is 0 Å². The Morgan fingerprint density at radius 3 is 2.90 bits per heavy atom.